The Morgan fingerprint density at radius 2 is 2.50 bits per heavy atom. The summed E-state index contributed by atoms with van der Waals surface area (Å²) >= 11 is 0. The van der Waals surface area contributed by atoms with Gasteiger partial charge in [-0.15, -0.1) is 0 Å². The Hall–Kier alpha value is -1.36. The van der Waals surface area contributed by atoms with Crippen molar-refractivity contribution < 1.29 is 0 Å². The van der Waals surface area contributed by atoms with Crippen LogP contribution in [0.15, 0.2) is 17.1 Å². The summed E-state index contributed by atoms with van der Waals surface area (Å²) in [6.07, 6.45) is 3.81. The van der Waals surface area contributed by atoms with Gasteiger partial charge < -0.3 is 10.6 Å². The van der Waals surface area contributed by atoms with E-state index in [1.807, 2.05) is 0 Å². The van der Waals surface area contributed by atoms with Crippen LogP contribution in [0.1, 0.15) is 12.8 Å². The maximum Gasteiger partial charge on any atom is 0.266 e. The molecule has 1 aromatic heterocycles. The first kappa shape index (κ1) is 9.21. The lowest BCUT2D eigenvalue weighted by atomic mass is 10.1. The third kappa shape index (κ3) is 1.93. The molecule has 2 rings (SSSR count). The Balaban J connectivity index is 2.18. The largest absolute Gasteiger partial charge is 0.369 e. The van der Waals surface area contributed by atoms with Crippen LogP contribution in [0.25, 0.3) is 0 Å². The summed E-state index contributed by atoms with van der Waals surface area (Å²) in [7, 11) is 0. The van der Waals surface area contributed by atoms with Crippen molar-refractivity contribution in [3.8, 4) is 0 Å². The SMILES string of the molecule is N[C@H]1CCCN(c2cn[nH]c(=O)c2)C1. The van der Waals surface area contributed by atoms with Crippen LogP contribution in [0.4, 0.5) is 5.69 Å². The molecule has 1 fully saturated rings. The van der Waals surface area contributed by atoms with Crippen LogP contribution in [0.3, 0.4) is 0 Å². The van der Waals surface area contributed by atoms with Crippen LogP contribution in [0.2, 0.25) is 0 Å². The third-order valence-electron chi connectivity index (χ3n) is 2.47. The van der Waals surface area contributed by atoms with E-state index in [0.717, 1.165) is 31.6 Å². The van der Waals surface area contributed by atoms with Gasteiger partial charge in [-0.1, -0.05) is 0 Å². The summed E-state index contributed by atoms with van der Waals surface area (Å²) < 4.78 is 0. The lowest BCUT2D eigenvalue weighted by molar-refractivity contribution is 0.505. The molecule has 1 aromatic rings. The monoisotopic (exact) mass is 194 g/mol. The Kier molecular flexibility index (Phi) is 2.49. The molecule has 1 atom stereocenters. The zero-order chi connectivity index (χ0) is 9.97. The molecule has 0 spiro atoms. The second kappa shape index (κ2) is 3.79. The van der Waals surface area contributed by atoms with E-state index in [1.165, 1.54) is 0 Å². The molecule has 0 radical (unpaired) electrons. The highest BCUT2D eigenvalue weighted by Crippen LogP contribution is 2.15. The van der Waals surface area contributed by atoms with E-state index in [9.17, 15) is 4.79 Å². The molecule has 0 bridgehead atoms. The molecular formula is C9H14N4O. The maximum atomic E-state index is 11.0. The molecule has 14 heavy (non-hydrogen) atoms. The zero-order valence-electron chi connectivity index (χ0n) is 7.94. The smallest absolute Gasteiger partial charge is 0.266 e. The number of aromatic amines is 1. The summed E-state index contributed by atoms with van der Waals surface area (Å²) in [5.41, 5.74) is 6.55. The number of H-pyrrole nitrogens is 1. The van der Waals surface area contributed by atoms with Crippen LogP contribution in [-0.4, -0.2) is 29.3 Å². The average molecular weight is 194 g/mol. The predicted molar refractivity (Wildman–Crippen MR) is 54.3 cm³/mol. The molecule has 0 amide bonds. The molecule has 5 heteroatoms. The maximum absolute atomic E-state index is 11.0. The van der Waals surface area contributed by atoms with E-state index in [0.29, 0.717) is 0 Å². The van der Waals surface area contributed by atoms with E-state index >= 15 is 0 Å². The van der Waals surface area contributed by atoms with Gasteiger partial charge in [0, 0.05) is 25.2 Å². The average Bonchev–Trinajstić information content (AvgIpc) is 2.18. The molecule has 1 aliphatic rings. The van der Waals surface area contributed by atoms with E-state index in [4.69, 9.17) is 5.73 Å². The van der Waals surface area contributed by atoms with Gasteiger partial charge in [0.05, 0.1) is 11.9 Å². The van der Waals surface area contributed by atoms with Crippen molar-refractivity contribution in [2.45, 2.75) is 18.9 Å². The molecule has 0 aromatic carbocycles. The topological polar surface area (TPSA) is 75.0 Å². The zero-order valence-corrected chi connectivity index (χ0v) is 7.94. The second-order valence-electron chi connectivity index (χ2n) is 3.65. The Bertz CT molecular complexity index is 362. The fourth-order valence-corrected chi connectivity index (χ4v) is 1.78. The lowest BCUT2D eigenvalue weighted by Gasteiger charge is -2.31. The van der Waals surface area contributed by atoms with E-state index in [-0.39, 0.29) is 11.6 Å². The highest BCUT2D eigenvalue weighted by molar-refractivity contribution is 5.43. The minimum absolute atomic E-state index is 0.165. The van der Waals surface area contributed by atoms with Gasteiger partial charge in [-0.25, -0.2) is 5.10 Å². The van der Waals surface area contributed by atoms with Crippen molar-refractivity contribution >= 4 is 5.69 Å². The van der Waals surface area contributed by atoms with Gasteiger partial charge in [-0.05, 0) is 12.8 Å². The lowest BCUT2D eigenvalue weighted by Crippen LogP contribution is -2.43. The Labute approximate surface area is 81.9 Å². The molecule has 0 saturated carbocycles. The summed E-state index contributed by atoms with van der Waals surface area (Å²) in [6.45, 7) is 1.77. The van der Waals surface area contributed by atoms with Crippen molar-refractivity contribution in [2.75, 3.05) is 18.0 Å². The number of hydrogen-bond acceptors (Lipinski definition) is 4. The first-order valence-corrected chi connectivity index (χ1v) is 4.81. The quantitative estimate of drug-likeness (QED) is 0.643. The number of nitrogens with zero attached hydrogens (tertiary/aromatic N) is 2. The summed E-state index contributed by atoms with van der Waals surface area (Å²) in [5, 5.41) is 6.12. The van der Waals surface area contributed by atoms with E-state index in [1.54, 1.807) is 12.3 Å². The molecule has 0 aliphatic carbocycles. The Morgan fingerprint density at radius 3 is 3.21 bits per heavy atom. The van der Waals surface area contributed by atoms with Crippen molar-refractivity contribution in [2.24, 2.45) is 5.73 Å². The van der Waals surface area contributed by atoms with Crippen LogP contribution >= 0.6 is 0 Å². The van der Waals surface area contributed by atoms with Crippen LogP contribution in [0, 0.1) is 0 Å². The van der Waals surface area contributed by atoms with Crippen molar-refractivity contribution in [3.63, 3.8) is 0 Å². The number of hydrogen-bond donors (Lipinski definition) is 2. The fraction of sp³-hybridized carbons (Fsp3) is 0.556. The van der Waals surface area contributed by atoms with E-state index < -0.39 is 0 Å². The second-order valence-corrected chi connectivity index (χ2v) is 3.65. The third-order valence-corrected chi connectivity index (χ3v) is 2.47. The molecule has 5 nitrogen and oxygen atoms in total. The molecule has 2 heterocycles. The van der Waals surface area contributed by atoms with Gasteiger partial charge in [-0.2, -0.15) is 5.10 Å². The van der Waals surface area contributed by atoms with Crippen LogP contribution in [0.5, 0.6) is 0 Å². The van der Waals surface area contributed by atoms with Gasteiger partial charge in [0.25, 0.3) is 5.56 Å². The van der Waals surface area contributed by atoms with E-state index in [2.05, 4.69) is 15.1 Å². The van der Waals surface area contributed by atoms with Gasteiger partial charge in [0.15, 0.2) is 0 Å². The van der Waals surface area contributed by atoms with Crippen molar-refractivity contribution in [1.82, 2.24) is 10.2 Å². The highest BCUT2D eigenvalue weighted by atomic mass is 16.1. The summed E-state index contributed by atoms with van der Waals surface area (Å²) in [6, 6.07) is 1.77. The van der Waals surface area contributed by atoms with Crippen LogP contribution in [-0.2, 0) is 0 Å². The van der Waals surface area contributed by atoms with Crippen molar-refractivity contribution in [3.05, 3.63) is 22.6 Å². The molecule has 76 valence electrons. The normalized spacial score (nSPS) is 22.4. The minimum atomic E-state index is -0.165. The molecular weight excluding hydrogens is 180 g/mol. The Morgan fingerprint density at radius 1 is 1.64 bits per heavy atom. The van der Waals surface area contributed by atoms with Gasteiger partial charge in [0.2, 0.25) is 0 Å². The summed E-state index contributed by atoms with van der Waals surface area (Å²) in [4.78, 5) is 13.1. The molecule has 1 aliphatic heterocycles. The number of nitrogens with two attached hydrogens (primary N) is 1. The molecule has 3 N–H and O–H groups in total. The first-order chi connectivity index (χ1) is 6.75. The van der Waals surface area contributed by atoms with Crippen LogP contribution < -0.4 is 16.2 Å². The molecule has 0 unspecified atom stereocenters. The standard InChI is InChI=1S/C9H14N4O/c10-7-2-1-3-13(6-7)8-4-9(14)12-11-5-8/h4-5,7H,1-3,6,10H2,(H,12,14)/t7-/m0/s1. The van der Waals surface area contributed by atoms with Gasteiger partial charge in [-0.3, -0.25) is 4.79 Å². The van der Waals surface area contributed by atoms with Crippen molar-refractivity contribution in [1.29, 1.82) is 0 Å². The first-order valence-electron chi connectivity index (χ1n) is 4.81. The predicted octanol–water partition coefficient (Wildman–Crippen LogP) is -0.303. The minimum Gasteiger partial charge on any atom is -0.369 e. The van der Waals surface area contributed by atoms with Gasteiger partial charge >= 0.3 is 0 Å². The number of aromatic nitrogens is 2. The van der Waals surface area contributed by atoms with Gasteiger partial charge in [0.1, 0.15) is 0 Å². The number of piperidine rings is 1. The molecule has 1 saturated heterocycles. The number of rotatable bonds is 1. The summed E-state index contributed by atoms with van der Waals surface area (Å²) in [5.74, 6) is 0. The number of nitrogens with one attached hydrogen (secondary N) is 1. The number of anilines is 1. The highest BCUT2D eigenvalue weighted by Gasteiger charge is 2.17. The fourth-order valence-electron chi connectivity index (χ4n) is 1.78.